The van der Waals surface area contributed by atoms with E-state index in [2.05, 4.69) is 237 Å². The molecule has 0 saturated heterocycles. The number of benzene rings is 9. The highest BCUT2D eigenvalue weighted by atomic mass is 15.0. The third-order valence-electron chi connectivity index (χ3n) is 12.1. The number of fused-ring (bicyclic) bond motifs is 3. The topological polar surface area (TPSA) is 4.93 Å². The summed E-state index contributed by atoms with van der Waals surface area (Å²) < 4.78 is 2.40. The fourth-order valence-electron chi connectivity index (χ4n) is 9.03. The molecule has 0 aliphatic heterocycles. The van der Waals surface area contributed by atoms with Crippen LogP contribution in [0.1, 0.15) is 36.0 Å². The van der Waals surface area contributed by atoms with Gasteiger partial charge in [-0.3, -0.25) is 0 Å². The van der Waals surface area contributed by atoms with E-state index in [4.69, 9.17) is 0 Å². The zero-order valence-corrected chi connectivity index (χ0v) is 33.5. The monoisotopic (exact) mass is 755 g/mol. The van der Waals surface area contributed by atoms with Gasteiger partial charge < -0.3 is 4.57 Å². The van der Waals surface area contributed by atoms with E-state index in [1.165, 1.54) is 94.1 Å². The SMILES string of the molecule is CCC(c1ccc(-c2ccc(-c3ccccc3)cc2)cc1)c1ccccc1-c1cc(-c2ccc3c(c2)c2ccccc2n3-c2ccc(-c3ccccc3)cc2)ccc1C. The van der Waals surface area contributed by atoms with Crippen LogP contribution in [0.3, 0.4) is 0 Å². The molecule has 10 aromatic rings. The molecule has 1 heteroatoms. The highest BCUT2D eigenvalue weighted by molar-refractivity contribution is 6.10. The average molecular weight is 756 g/mol. The van der Waals surface area contributed by atoms with Crippen molar-refractivity contribution in [2.24, 2.45) is 0 Å². The molecular weight excluding hydrogens is 711 g/mol. The number of hydrogen-bond donors (Lipinski definition) is 0. The van der Waals surface area contributed by atoms with Crippen molar-refractivity contribution in [3.63, 3.8) is 0 Å². The van der Waals surface area contributed by atoms with Crippen LogP contribution in [-0.2, 0) is 0 Å². The van der Waals surface area contributed by atoms with Gasteiger partial charge in [-0.15, -0.1) is 0 Å². The zero-order chi connectivity index (χ0) is 39.7. The number of rotatable bonds is 9. The quantitative estimate of drug-likeness (QED) is 0.138. The van der Waals surface area contributed by atoms with Crippen LogP contribution >= 0.6 is 0 Å². The first-order valence-corrected chi connectivity index (χ1v) is 20.8. The summed E-state index contributed by atoms with van der Waals surface area (Å²) in [7, 11) is 0. The van der Waals surface area contributed by atoms with E-state index in [0.29, 0.717) is 0 Å². The largest absolute Gasteiger partial charge is 0.309 e. The number of aromatic nitrogens is 1. The molecule has 1 aromatic heterocycles. The Morgan fingerprint density at radius 3 is 1.49 bits per heavy atom. The van der Waals surface area contributed by atoms with Gasteiger partial charge in [0.15, 0.2) is 0 Å². The Labute approximate surface area is 347 Å². The maximum absolute atomic E-state index is 2.41. The Morgan fingerprint density at radius 1 is 0.373 bits per heavy atom. The molecule has 1 atom stereocenters. The van der Waals surface area contributed by atoms with Gasteiger partial charge in [-0.1, -0.05) is 189 Å². The minimum atomic E-state index is 0.271. The van der Waals surface area contributed by atoms with Crippen molar-refractivity contribution in [3.8, 4) is 61.3 Å². The van der Waals surface area contributed by atoms with Gasteiger partial charge in [0, 0.05) is 22.4 Å². The van der Waals surface area contributed by atoms with Crippen LogP contribution in [0.25, 0.3) is 83.1 Å². The molecule has 0 aliphatic carbocycles. The van der Waals surface area contributed by atoms with E-state index in [0.717, 1.165) is 12.1 Å². The first-order valence-electron chi connectivity index (χ1n) is 20.8. The van der Waals surface area contributed by atoms with Gasteiger partial charge in [0.2, 0.25) is 0 Å². The van der Waals surface area contributed by atoms with Crippen molar-refractivity contribution in [2.45, 2.75) is 26.2 Å². The maximum atomic E-state index is 2.41. The normalized spacial score (nSPS) is 11.9. The van der Waals surface area contributed by atoms with Crippen LogP contribution in [0, 0.1) is 6.92 Å². The molecule has 1 unspecified atom stereocenters. The van der Waals surface area contributed by atoms with Gasteiger partial charge in [0.1, 0.15) is 0 Å². The summed E-state index contributed by atoms with van der Waals surface area (Å²) in [4.78, 5) is 0. The Balaban J connectivity index is 0.976. The summed E-state index contributed by atoms with van der Waals surface area (Å²) in [6.07, 6.45) is 1.01. The lowest BCUT2D eigenvalue weighted by Gasteiger charge is -2.22. The van der Waals surface area contributed by atoms with E-state index in [9.17, 15) is 0 Å². The second-order valence-electron chi connectivity index (χ2n) is 15.6. The van der Waals surface area contributed by atoms with Crippen molar-refractivity contribution >= 4 is 21.8 Å². The molecule has 1 heterocycles. The van der Waals surface area contributed by atoms with E-state index >= 15 is 0 Å². The molecule has 0 aliphatic rings. The second kappa shape index (κ2) is 15.6. The van der Waals surface area contributed by atoms with Crippen LogP contribution in [0.5, 0.6) is 0 Å². The molecule has 0 spiro atoms. The molecule has 282 valence electrons. The Bertz CT molecular complexity index is 3040. The molecule has 1 nitrogen and oxygen atoms in total. The molecule has 0 amide bonds. The first-order chi connectivity index (χ1) is 29.1. The molecule has 0 bridgehead atoms. The number of nitrogens with zero attached hydrogens (tertiary/aromatic N) is 1. The molecule has 59 heavy (non-hydrogen) atoms. The van der Waals surface area contributed by atoms with Crippen molar-refractivity contribution in [1.82, 2.24) is 4.57 Å². The van der Waals surface area contributed by atoms with E-state index in [1.807, 2.05) is 0 Å². The summed E-state index contributed by atoms with van der Waals surface area (Å²) in [6, 6.07) is 80.1. The van der Waals surface area contributed by atoms with Crippen molar-refractivity contribution in [2.75, 3.05) is 0 Å². The van der Waals surface area contributed by atoms with Crippen LogP contribution in [0.2, 0.25) is 0 Å². The molecule has 0 fully saturated rings. The standard InChI is InChI=1S/C58H45N/c1-3-51(47-30-28-45(29-31-47)44-26-24-43(25-27-44)41-14-6-4-7-15-41)52-18-10-11-19-53(52)55-38-48(23-22-40(55)2)49-34-37-58-56(39-49)54-20-12-13-21-57(54)59(58)50-35-32-46(33-36-50)42-16-8-5-9-17-42/h4-39,51H,3H2,1-2H3. The highest BCUT2D eigenvalue weighted by Crippen LogP contribution is 2.40. The fourth-order valence-corrected chi connectivity index (χ4v) is 9.03. The molecule has 9 aromatic carbocycles. The second-order valence-corrected chi connectivity index (χ2v) is 15.6. The van der Waals surface area contributed by atoms with Gasteiger partial charge >= 0.3 is 0 Å². The third kappa shape index (κ3) is 6.85. The first kappa shape index (κ1) is 36.1. The predicted octanol–water partition coefficient (Wildman–Crippen LogP) is 16.0. The van der Waals surface area contributed by atoms with Crippen LogP contribution < -0.4 is 0 Å². The average Bonchev–Trinajstić information content (AvgIpc) is 3.64. The smallest absolute Gasteiger partial charge is 0.0541 e. The molecular formula is C58H45N. The molecule has 0 N–H and O–H groups in total. The lowest BCUT2D eigenvalue weighted by molar-refractivity contribution is 0.779. The maximum Gasteiger partial charge on any atom is 0.0541 e. The highest BCUT2D eigenvalue weighted by Gasteiger charge is 2.19. The van der Waals surface area contributed by atoms with Gasteiger partial charge in [-0.05, 0) is 122 Å². The predicted molar refractivity (Wildman–Crippen MR) is 251 cm³/mol. The lowest BCUT2D eigenvalue weighted by atomic mass is 9.82. The van der Waals surface area contributed by atoms with Crippen molar-refractivity contribution in [1.29, 1.82) is 0 Å². The summed E-state index contributed by atoms with van der Waals surface area (Å²) in [5.74, 6) is 0.271. The van der Waals surface area contributed by atoms with Crippen LogP contribution in [0.15, 0.2) is 218 Å². The number of aryl methyl sites for hydroxylation is 1. The van der Waals surface area contributed by atoms with Crippen LogP contribution in [0.4, 0.5) is 0 Å². The summed E-state index contributed by atoms with van der Waals surface area (Å²) in [6.45, 7) is 4.55. The van der Waals surface area contributed by atoms with Crippen molar-refractivity contribution < 1.29 is 0 Å². The minimum Gasteiger partial charge on any atom is -0.309 e. The van der Waals surface area contributed by atoms with E-state index < -0.39 is 0 Å². The third-order valence-corrected chi connectivity index (χ3v) is 12.1. The Kier molecular flexibility index (Phi) is 9.56. The molecule has 0 radical (unpaired) electrons. The van der Waals surface area contributed by atoms with Gasteiger partial charge in [-0.2, -0.15) is 0 Å². The van der Waals surface area contributed by atoms with Crippen LogP contribution in [-0.4, -0.2) is 4.57 Å². The lowest BCUT2D eigenvalue weighted by Crippen LogP contribution is -2.03. The zero-order valence-electron chi connectivity index (χ0n) is 33.5. The van der Waals surface area contributed by atoms with Crippen molar-refractivity contribution in [3.05, 3.63) is 235 Å². The number of para-hydroxylation sites is 1. The van der Waals surface area contributed by atoms with Gasteiger partial charge in [-0.25, -0.2) is 0 Å². The Morgan fingerprint density at radius 2 is 0.847 bits per heavy atom. The van der Waals surface area contributed by atoms with Gasteiger partial charge in [0.25, 0.3) is 0 Å². The van der Waals surface area contributed by atoms with E-state index in [-0.39, 0.29) is 5.92 Å². The molecule has 0 saturated carbocycles. The summed E-state index contributed by atoms with van der Waals surface area (Å²) in [5, 5.41) is 2.52. The minimum absolute atomic E-state index is 0.271. The fraction of sp³-hybridized carbons (Fsp3) is 0.0690. The number of hydrogen-bond acceptors (Lipinski definition) is 0. The molecule has 10 rings (SSSR count). The summed E-state index contributed by atoms with van der Waals surface area (Å²) in [5.41, 5.74) is 20.0. The van der Waals surface area contributed by atoms with E-state index in [1.54, 1.807) is 0 Å². The van der Waals surface area contributed by atoms with Gasteiger partial charge in [0.05, 0.1) is 11.0 Å². The Hall–Kier alpha value is -7.22. The summed E-state index contributed by atoms with van der Waals surface area (Å²) >= 11 is 0.